The fourth-order valence-corrected chi connectivity index (χ4v) is 3.40. The number of hydrazine groups is 1. The lowest BCUT2D eigenvalue weighted by atomic mass is 10.2. The third-order valence-electron chi connectivity index (χ3n) is 4.01. The zero-order valence-corrected chi connectivity index (χ0v) is 16.3. The molecule has 0 radical (unpaired) electrons. The Morgan fingerprint density at radius 3 is 2.50 bits per heavy atom. The first-order valence-electron chi connectivity index (χ1n) is 8.27. The van der Waals surface area contributed by atoms with Crippen LogP contribution in [0, 0.1) is 6.92 Å². The number of fused-ring (bicyclic) bond motifs is 1. The molecule has 0 fully saturated rings. The van der Waals surface area contributed by atoms with Crippen molar-refractivity contribution in [3.05, 3.63) is 65.6 Å². The van der Waals surface area contributed by atoms with Crippen LogP contribution in [0.15, 0.2) is 53.7 Å². The lowest BCUT2D eigenvalue weighted by molar-refractivity contribution is 0.0844. The van der Waals surface area contributed by atoms with Gasteiger partial charge in [-0.15, -0.1) is 0 Å². The summed E-state index contributed by atoms with van der Waals surface area (Å²) in [6.07, 6.45) is 3.32. The Hall–Kier alpha value is -3.24. The van der Waals surface area contributed by atoms with Gasteiger partial charge in [-0.05, 0) is 42.8 Å². The first-order chi connectivity index (χ1) is 13.2. The van der Waals surface area contributed by atoms with Crippen molar-refractivity contribution in [1.29, 1.82) is 0 Å². The van der Waals surface area contributed by atoms with E-state index in [1.165, 1.54) is 38.4 Å². The number of aryl methyl sites for hydroxylation is 1. The van der Waals surface area contributed by atoms with Gasteiger partial charge in [-0.3, -0.25) is 20.4 Å². The summed E-state index contributed by atoms with van der Waals surface area (Å²) in [4.78, 5) is 28.7. The van der Waals surface area contributed by atoms with Gasteiger partial charge in [-0.25, -0.2) is 17.7 Å². The fourth-order valence-electron chi connectivity index (χ4n) is 2.45. The topological polar surface area (TPSA) is 113 Å². The molecule has 146 valence electrons. The largest absolute Gasteiger partial charge is 0.306 e. The van der Waals surface area contributed by atoms with Crippen LogP contribution in [-0.4, -0.2) is 48.0 Å². The first-order valence-corrected chi connectivity index (χ1v) is 9.71. The summed E-state index contributed by atoms with van der Waals surface area (Å²) in [5.74, 6) is -1.24. The van der Waals surface area contributed by atoms with Crippen molar-refractivity contribution < 1.29 is 18.0 Å². The lowest BCUT2D eigenvalue weighted by Crippen LogP contribution is -2.41. The van der Waals surface area contributed by atoms with E-state index in [0.29, 0.717) is 5.65 Å². The van der Waals surface area contributed by atoms with Gasteiger partial charge >= 0.3 is 0 Å². The van der Waals surface area contributed by atoms with Crippen LogP contribution in [0.4, 0.5) is 0 Å². The van der Waals surface area contributed by atoms with E-state index in [1.54, 1.807) is 16.8 Å². The number of nitrogens with zero attached hydrogens (tertiary/aromatic N) is 3. The van der Waals surface area contributed by atoms with Gasteiger partial charge in [-0.1, -0.05) is 6.07 Å². The van der Waals surface area contributed by atoms with Crippen LogP contribution in [0.2, 0.25) is 0 Å². The second-order valence-corrected chi connectivity index (χ2v) is 8.47. The molecule has 0 saturated heterocycles. The number of carbonyl (C=O) groups is 2. The number of amides is 2. The van der Waals surface area contributed by atoms with E-state index in [4.69, 9.17) is 0 Å². The molecule has 0 aliphatic heterocycles. The van der Waals surface area contributed by atoms with E-state index >= 15 is 0 Å². The molecule has 2 amide bonds. The second kappa shape index (κ2) is 7.41. The van der Waals surface area contributed by atoms with Crippen molar-refractivity contribution in [2.24, 2.45) is 0 Å². The number of benzene rings is 1. The molecule has 0 unspecified atom stereocenters. The van der Waals surface area contributed by atoms with E-state index in [2.05, 4.69) is 15.8 Å². The second-order valence-electron chi connectivity index (χ2n) is 6.32. The third-order valence-corrected chi connectivity index (χ3v) is 5.82. The van der Waals surface area contributed by atoms with Gasteiger partial charge in [0.2, 0.25) is 10.0 Å². The molecule has 0 bridgehead atoms. The van der Waals surface area contributed by atoms with Crippen molar-refractivity contribution in [1.82, 2.24) is 24.5 Å². The molecule has 0 aliphatic rings. The first kappa shape index (κ1) is 19.5. The number of rotatable bonds is 4. The molecule has 2 N–H and O–H groups in total. The summed E-state index contributed by atoms with van der Waals surface area (Å²) in [5.41, 5.74) is 6.38. The van der Waals surface area contributed by atoms with Crippen LogP contribution in [0.1, 0.15) is 26.4 Å². The zero-order valence-electron chi connectivity index (χ0n) is 15.5. The fraction of sp³-hybridized carbons (Fsp3) is 0.167. The Balaban J connectivity index is 1.72. The Bertz CT molecular complexity index is 1170. The SMILES string of the molecule is Cc1ccn2cc(C(=O)NNC(=O)c3cccc(S(=O)(=O)N(C)C)c3)nc2c1. The Kier molecular flexibility index (Phi) is 5.16. The maximum Gasteiger partial charge on any atom is 0.289 e. The monoisotopic (exact) mass is 401 g/mol. The summed E-state index contributed by atoms with van der Waals surface area (Å²) in [5, 5.41) is 0. The number of sulfonamides is 1. The van der Waals surface area contributed by atoms with Crippen LogP contribution in [0.3, 0.4) is 0 Å². The minimum absolute atomic E-state index is 0.0211. The van der Waals surface area contributed by atoms with Crippen LogP contribution < -0.4 is 10.9 Å². The van der Waals surface area contributed by atoms with Crippen molar-refractivity contribution >= 4 is 27.5 Å². The molecular weight excluding hydrogens is 382 g/mol. The summed E-state index contributed by atoms with van der Waals surface area (Å²) in [7, 11) is -0.869. The normalized spacial score (nSPS) is 11.6. The zero-order chi connectivity index (χ0) is 20.5. The van der Waals surface area contributed by atoms with Crippen LogP contribution in [-0.2, 0) is 10.0 Å². The quantitative estimate of drug-likeness (QED) is 0.633. The molecule has 2 aromatic heterocycles. The minimum atomic E-state index is -3.67. The summed E-state index contributed by atoms with van der Waals surface area (Å²) < 4.78 is 27.1. The highest BCUT2D eigenvalue weighted by molar-refractivity contribution is 7.89. The average molecular weight is 401 g/mol. The number of pyridine rings is 1. The van der Waals surface area contributed by atoms with E-state index in [1.807, 2.05) is 19.1 Å². The maximum atomic E-state index is 12.3. The molecule has 9 nitrogen and oxygen atoms in total. The van der Waals surface area contributed by atoms with Crippen molar-refractivity contribution in [2.75, 3.05) is 14.1 Å². The van der Waals surface area contributed by atoms with Crippen LogP contribution >= 0.6 is 0 Å². The van der Waals surface area contributed by atoms with Gasteiger partial charge in [0, 0.05) is 32.1 Å². The van der Waals surface area contributed by atoms with Gasteiger partial charge in [0.15, 0.2) is 0 Å². The molecule has 0 atom stereocenters. The average Bonchev–Trinajstić information content (AvgIpc) is 3.09. The van der Waals surface area contributed by atoms with Crippen molar-refractivity contribution in [2.45, 2.75) is 11.8 Å². The summed E-state index contributed by atoms with van der Waals surface area (Å²) in [6.45, 7) is 1.92. The Labute approximate surface area is 162 Å². The highest BCUT2D eigenvalue weighted by Gasteiger charge is 2.19. The lowest BCUT2D eigenvalue weighted by Gasteiger charge is -2.12. The summed E-state index contributed by atoms with van der Waals surface area (Å²) >= 11 is 0. The van der Waals surface area contributed by atoms with Crippen molar-refractivity contribution in [3.8, 4) is 0 Å². The number of carbonyl (C=O) groups excluding carboxylic acids is 2. The molecule has 0 saturated carbocycles. The highest BCUT2D eigenvalue weighted by Crippen LogP contribution is 2.14. The molecule has 10 heteroatoms. The van der Waals surface area contributed by atoms with E-state index in [-0.39, 0.29) is 16.2 Å². The highest BCUT2D eigenvalue weighted by atomic mass is 32.2. The molecule has 2 heterocycles. The van der Waals surface area contributed by atoms with Gasteiger partial charge in [0.25, 0.3) is 11.8 Å². The van der Waals surface area contributed by atoms with E-state index in [9.17, 15) is 18.0 Å². The van der Waals surface area contributed by atoms with Gasteiger partial charge < -0.3 is 4.40 Å². The molecule has 1 aromatic carbocycles. The molecule has 0 aliphatic carbocycles. The van der Waals surface area contributed by atoms with E-state index < -0.39 is 21.8 Å². The number of hydrogen-bond donors (Lipinski definition) is 2. The predicted molar refractivity (Wildman–Crippen MR) is 102 cm³/mol. The van der Waals surface area contributed by atoms with E-state index in [0.717, 1.165) is 9.87 Å². The van der Waals surface area contributed by atoms with Gasteiger partial charge in [0.1, 0.15) is 11.3 Å². The number of nitrogens with one attached hydrogen (secondary N) is 2. The predicted octanol–water partition coefficient (Wildman–Crippen LogP) is 0.968. The Morgan fingerprint density at radius 1 is 1.07 bits per heavy atom. The van der Waals surface area contributed by atoms with Gasteiger partial charge in [-0.2, -0.15) is 0 Å². The number of imidazole rings is 1. The third kappa shape index (κ3) is 3.87. The molecule has 3 rings (SSSR count). The van der Waals surface area contributed by atoms with Crippen LogP contribution in [0.25, 0.3) is 5.65 Å². The number of hydrogen-bond acceptors (Lipinski definition) is 5. The summed E-state index contributed by atoms with van der Waals surface area (Å²) in [6, 6.07) is 9.24. The minimum Gasteiger partial charge on any atom is -0.306 e. The molecule has 0 spiro atoms. The molecule has 28 heavy (non-hydrogen) atoms. The van der Waals surface area contributed by atoms with Crippen LogP contribution in [0.5, 0.6) is 0 Å². The standard InChI is InChI=1S/C18H19N5O4S/c1-12-7-8-23-11-15(19-16(23)9-12)18(25)21-20-17(24)13-5-4-6-14(10-13)28(26,27)22(2)3/h4-11H,1-3H3,(H,20,24)(H,21,25). The number of aromatic nitrogens is 2. The molecule has 3 aromatic rings. The maximum absolute atomic E-state index is 12.3. The molecular formula is C18H19N5O4S. The van der Waals surface area contributed by atoms with Crippen molar-refractivity contribution in [3.63, 3.8) is 0 Å². The Morgan fingerprint density at radius 2 is 1.79 bits per heavy atom. The smallest absolute Gasteiger partial charge is 0.289 e. The van der Waals surface area contributed by atoms with Gasteiger partial charge in [0.05, 0.1) is 4.90 Å².